The van der Waals surface area contributed by atoms with E-state index in [1.807, 2.05) is 24.3 Å². The van der Waals surface area contributed by atoms with Crippen LogP contribution in [0.5, 0.6) is 0 Å². The minimum atomic E-state index is -0.638. The SMILES string of the molecule is O=c1[nH]c2cccc3c2n1CC[C@@H](NCCc1c[nH]c2ccccc12)[C@@H]3O. The first-order valence-corrected chi connectivity index (χ1v) is 9.40. The number of nitrogens with zero attached hydrogens (tertiary/aromatic N) is 1. The van der Waals surface area contributed by atoms with Crippen LogP contribution in [0.15, 0.2) is 53.5 Å². The quantitative estimate of drug-likeness (QED) is 0.450. The van der Waals surface area contributed by atoms with Gasteiger partial charge in [0.15, 0.2) is 0 Å². The molecule has 4 N–H and O–H groups in total. The molecule has 0 fully saturated rings. The molecule has 0 unspecified atom stereocenters. The summed E-state index contributed by atoms with van der Waals surface area (Å²) in [5.41, 5.74) is 4.74. The van der Waals surface area contributed by atoms with E-state index in [1.54, 1.807) is 4.57 Å². The molecule has 0 saturated heterocycles. The van der Waals surface area contributed by atoms with Crippen LogP contribution in [0.2, 0.25) is 0 Å². The molecule has 0 saturated carbocycles. The molecule has 2 aromatic heterocycles. The highest BCUT2D eigenvalue weighted by molar-refractivity contribution is 5.83. The third-order valence-corrected chi connectivity index (χ3v) is 5.66. The first kappa shape index (κ1) is 16.4. The predicted molar refractivity (Wildman–Crippen MR) is 106 cm³/mol. The van der Waals surface area contributed by atoms with E-state index in [0.29, 0.717) is 13.0 Å². The number of aryl methyl sites for hydroxylation is 1. The fourth-order valence-electron chi connectivity index (χ4n) is 4.29. The molecule has 2 atom stereocenters. The van der Waals surface area contributed by atoms with Crippen molar-refractivity contribution in [3.63, 3.8) is 0 Å². The molecule has 1 aliphatic rings. The van der Waals surface area contributed by atoms with E-state index in [0.717, 1.165) is 35.1 Å². The summed E-state index contributed by atoms with van der Waals surface area (Å²) in [6, 6.07) is 13.9. The van der Waals surface area contributed by atoms with E-state index in [2.05, 4.69) is 39.7 Å². The van der Waals surface area contributed by atoms with Crippen LogP contribution in [0.4, 0.5) is 0 Å². The van der Waals surface area contributed by atoms with Crippen molar-refractivity contribution in [1.29, 1.82) is 0 Å². The van der Waals surface area contributed by atoms with Crippen LogP contribution in [-0.2, 0) is 13.0 Å². The summed E-state index contributed by atoms with van der Waals surface area (Å²) in [6.45, 7) is 1.36. The summed E-state index contributed by atoms with van der Waals surface area (Å²) in [5.74, 6) is 0. The molecule has 5 rings (SSSR count). The number of rotatable bonds is 4. The summed E-state index contributed by atoms with van der Waals surface area (Å²) in [6.07, 6.45) is 3.00. The molecular weight excluding hydrogens is 340 g/mol. The Hall–Kier alpha value is -2.83. The Morgan fingerprint density at radius 1 is 1.15 bits per heavy atom. The summed E-state index contributed by atoms with van der Waals surface area (Å²) in [5, 5.41) is 15.7. The van der Waals surface area contributed by atoms with Crippen molar-refractivity contribution in [1.82, 2.24) is 19.9 Å². The first-order valence-electron chi connectivity index (χ1n) is 9.40. The normalized spacial score (nSPS) is 19.6. The highest BCUT2D eigenvalue weighted by Gasteiger charge is 2.27. The topological polar surface area (TPSA) is 85.8 Å². The standard InChI is InChI=1S/C21H22N4O2/c26-20-15-5-3-7-17-19(15)25(21(27)24-17)11-9-18(20)22-10-8-13-12-23-16-6-2-1-4-14(13)16/h1-7,12,18,20,22-23,26H,8-11H2,(H,24,27)/t18-,20-/m1/s1. The molecule has 0 bridgehead atoms. The van der Waals surface area contributed by atoms with Gasteiger partial charge in [-0.1, -0.05) is 30.3 Å². The predicted octanol–water partition coefficient (Wildman–Crippen LogP) is 2.45. The summed E-state index contributed by atoms with van der Waals surface area (Å²) >= 11 is 0. The molecule has 1 aliphatic heterocycles. The van der Waals surface area contributed by atoms with Crippen molar-refractivity contribution in [3.05, 3.63) is 70.3 Å². The molecule has 0 amide bonds. The Balaban J connectivity index is 1.35. The Kier molecular flexibility index (Phi) is 3.88. The Morgan fingerprint density at radius 3 is 2.93 bits per heavy atom. The number of aromatic nitrogens is 3. The van der Waals surface area contributed by atoms with Crippen molar-refractivity contribution in [3.8, 4) is 0 Å². The number of imidazole rings is 1. The summed E-state index contributed by atoms with van der Waals surface area (Å²) in [4.78, 5) is 18.4. The van der Waals surface area contributed by atoms with Crippen molar-refractivity contribution in [2.75, 3.05) is 6.54 Å². The monoisotopic (exact) mass is 362 g/mol. The van der Waals surface area contributed by atoms with E-state index in [1.165, 1.54) is 10.9 Å². The number of hydrogen-bond acceptors (Lipinski definition) is 3. The Labute approximate surface area is 155 Å². The maximum Gasteiger partial charge on any atom is 0.326 e. The van der Waals surface area contributed by atoms with Gasteiger partial charge in [-0.05, 0) is 37.1 Å². The molecular formula is C21H22N4O2. The molecule has 4 aromatic rings. The minimum Gasteiger partial charge on any atom is -0.387 e. The van der Waals surface area contributed by atoms with E-state index in [9.17, 15) is 9.90 Å². The number of aromatic amines is 2. The second-order valence-corrected chi connectivity index (χ2v) is 7.23. The van der Waals surface area contributed by atoms with Crippen molar-refractivity contribution in [2.24, 2.45) is 0 Å². The van der Waals surface area contributed by atoms with Gasteiger partial charge in [0.05, 0.1) is 17.1 Å². The van der Waals surface area contributed by atoms with Gasteiger partial charge in [-0.25, -0.2) is 4.79 Å². The largest absolute Gasteiger partial charge is 0.387 e. The van der Waals surface area contributed by atoms with Crippen molar-refractivity contribution < 1.29 is 5.11 Å². The van der Waals surface area contributed by atoms with Gasteiger partial charge < -0.3 is 20.4 Å². The van der Waals surface area contributed by atoms with Crippen LogP contribution >= 0.6 is 0 Å². The van der Waals surface area contributed by atoms with Crippen LogP contribution in [0.3, 0.4) is 0 Å². The van der Waals surface area contributed by atoms with Crippen LogP contribution in [0.25, 0.3) is 21.9 Å². The molecule has 27 heavy (non-hydrogen) atoms. The zero-order chi connectivity index (χ0) is 18.4. The van der Waals surface area contributed by atoms with E-state index in [-0.39, 0.29) is 11.7 Å². The number of hydrogen-bond donors (Lipinski definition) is 4. The summed E-state index contributed by atoms with van der Waals surface area (Å²) in [7, 11) is 0. The van der Waals surface area contributed by atoms with Crippen molar-refractivity contribution in [2.45, 2.75) is 31.5 Å². The number of H-pyrrole nitrogens is 2. The van der Waals surface area contributed by atoms with E-state index in [4.69, 9.17) is 0 Å². The number of aliphatic hydroxyl groups excluding tert-OH is 1. The van der Waals surface area contributed by atoms with Gasteiger partial charge >= 0.3 is 5.69 Å². The maximum absolute atomic E-state index is 12.2. The van der Waals surface area contributed by atoms with Crippen LogP contribution < -0.4 is 11.0 Å². The number of fused-ring (bicyclic) bond motifs is 1. The van der Waals surface area contributed by atoms with Crippen LogP contribution in [0, 0.1) is 0 Å². The molecule has 6 heteroatoms. The number of nitrogens with one attached hydrogen (secondary N) is 3. The molecule has 138 valence electrons. The average molecular weight is 362 g/mol. The fourth-order valence-corrected chi connectivity index (χ4v) is 4.29. The fraction of sp³-hybridized carbons (Fsp3) is 0.286. The zero-order valence-electron chi connectivity index (χ0n) is 14.9. The van der Waals surface area contributed by atoms with Gasteiger partial charge in [0.1, 0.15) is 0 Å². The van der Waals surface area contributed by atoms with Gasteiger partial charge in [-0.15, -0.1) is 0 Å². The second kappa shape index (κ2) is 6.40. The number of para-hydroxylation sites is 2. The second-order valence-electron chi connectivity index (χ2n) is 7.23. The molecule has 0 aliphatic carbocycles. The lowest BCUT2D eigenvalue weighted by molar-refractivity contribution is 0.126. The summed E-state index contributed by atoms with van der Waals surface area (Å²) < 4.78 is 1.75. The highest BCUT2D eigenvalue weighted by Crippen LogP contribution is 2.29. The molecule has 0 spiro atoms. The van der Waals surface area contributed by atoms with Gasteiger partial charge in [-0.2, -0.15) is 0 Å². The van der Waals surface area contributed by atoms with Crippen LogP contribution in [-0.4, -0.2) is 32.2 Å². The lowest BCUT2D eigenvalue weighted by Crippen LogP contribution is -2.36. The first-order chi connectivity index (χ1) is 13.2. The minimum absolute atomic E-state index is 0.0832. The zero-order valence-corrected chi connectivity index (χ0v) is 14.9. The Morgan fingerprint density at radius 2 is 2.00 bits per heavy atom. The third kappa shape index (κ3) is 2.69. The molecule has 3 heterocycles. The van der Waals surface area contributed by atoms with Gasteiger partial charge in [0, 0.05) is 35.2 Å². The number of aliphatic hydroxyl groups is 1. The van der Waals surface area contributed by atoms with Gasteiger partial charge in [0.2, 0.25) is 0 Å². The Bertz CT molecular complexity index is 1170. The lowest BCUT2D eigenvalue weighted by Gasteiger charge is -2.22. The molecule has 6 nitrogen and oxygen atoms in total. The maximum atomic E-state index is 12.2. The molecule has 2 aromatic carbocycles. The average Bonchev–Trinajstić information content (AvgIpc) is 3.19. The highest BCUT2D eigenvalue weighted by atomic mass is 16.3. The molecule has 0 radical (unpaired) electrons. The van der Waals surface area contributed by atoms with E-state index < -0.39 is 6.10 Å². The number of benzene rings is 2. The lowest BCUT2D eigenvalue weighted by atomic mass is 9.99. The third-order valence-electron chi connectivity index (χ3n) is 5.66. The van der Waals surface area contributed by atoms with E-state index >= 15 is 0 Å². The van der Waals surface area contributed by atoms with Crippen molar-refractivity contribution >= 4 is 21.9 Å². The smallest absolute Gasteiger partial charge is 0.326 e. The van der Waals surface area contributed by atoms with Crippen LogP contribution in [0.1, 0.15) is 23.7 Å². The van der Waals surface area contributed by atoms with Gasteiger partial charge in [-0.3, -0.25) is 4.57 Å². The van der Waals surface area contributed by atoms with Gasteiger partial charge in [0.25, 0.3) is 0 Å².